The summed E-state index contributed by atoms with van der Waals surface area (Å²) in [4.78, 5) is 13.1. The third-order valence-corrected chi connectivity index (χ3v) is 4.83. The largest absolute Gasteiger partial charge is 0.455 e. The molecule has 1 aromatic carbocycles. The van der Waals surface area contributed by atoms with Crippen molar-refractivity contribution < 1.29 is 19.4 Å². The smallest absolute Gasteiger partial charge is 0.305 e. The zero-order chi connectivity index (χ0) is 18.4. The lowest BCUT2D eigenvalue weighted by Gasteiger charge is -2.40. The molecule has 0 aromatic heterocycles. The molecular formula is C20H31NO4. The summed E-state index contributed by atoms with van der Waals surface area (Å²) < 4.78 is 10.6. The number of rotatable bonds is 7. The Labute approximate surface area is 150 Å². The minimum absolute atomic E-state index is 0.0720. The van der Waals surface area contributed by atoms with E-state index in [1.165, 1.54) is 13.3 Å². The van der Waals surface area contributed by atoms with Crippen molar-refractivity contribution in [2.45, 2.75) is 63.8 Å². The van der Waals surface area contributed by atoms with Crippen LogP contribution in [0.4, 0.5) is 0 Å². The third kappa shape index (κ3) is 5.72. The van der Waals surface area contributed by atoms with E-state index < -0.39 is 11.9 Å². The van der Waals surface area contributed by atoms with Crippen molar-refractivity contribution in [3.8, 4) is 5.75 Å². The van der Waals surface area contributed by atoms with Gasteiger partial charge in [-0.2, -0.15) is 0 Å². The van der Waals surface area contributed by atoms with Gasteiger partial charge in [-0.3, -0.25) is 4.79 Å². The molecule has 5 nitrogen and oxygen atoms in total. The topological polar surface area (TPSA) is 59.0 Å². The first-order valence-corrected chi connectivity index (χ1v) is 9.11. The summed E-state index contributed by atoms with van der Waals surface area (Å²) in [6.45, 7) is 3.86. The standard InChI is InChI=1S/C20H31NO4/c1-15(22)24-16(2)25-18-10-8-17(9-11-18)19(14-21(3)4)20(23)12-6-5-7-13-20/h8-11,16,19,23H,5-7,12-14H2,1-4H3. The van der Waals surface area contributed by atoms with Crippen LogP contribution in [0.25, 0.3) is 0 Å². The molecule has 25 heavy (non-hydrogen) atoms. The van der Waals surface area contributed by atoms with Gasteiger partial charge in [-0.25, -0.2) is 0 Å². The Bertz CT molecular complexity index is 549. The average Bonchev–Trinajstić information content (AvgIpc) is 2.53. The van der Waals surface area contributed by atoms with Crippen LogP contribution in [0, 0.1) is 0 Å². The van der Waals surface area contributed by atoms with Gasteiger partial charge in [0.25, 0.3) is 0 Å². The quantitative estimate of drug-likeness (QED) is 0.604. The second kappa shape index (κ2) is 8.68. The Morgan fingerprint density at radius 1 is 1.20 bits per heavy atom. The summed E-state index contributed by atoms with van der Waals surface area (Å²) in [5, 5.41) is 11.2. The minimum Gasteiger partial charge on any atom is -0.455 e. The highest BCUT2D eigenvalue weighted by molar-refractivity contribution is 5.66. The van der Waals surface area contributed by atoms with Crippen molar-refractivity contribution in [1.29, 1.82) is 0 Å². The zero-order valence-corrected chi connectivity index (χ0v) is 15.8. The van der Waals surface area contributed by atoms with Gasteiger partial charge in [0.2, 0.25) is 6.29 Å². The fraction of sp³-hybridized carbons (Fsp3) is 0.650. The van der Waals surface area contributed by atoms with E-state index in [0.29, 0.717) is 5.75 Å². The Balaban J connectivity index is 2.13. The monoisotopic (exact) mass is 349 g/mol. The predicted octanol–water partition coefficient (Wildman–Crippen LogP) is 3.31. The van der Waals surface area contributed by atoms with Gasteiger partial charge >= 0.3 is 5.97 Å². The number of benzene rings is 1. The molecule has 1 aliphatic rings. The van der Waals surface area contributed by atoms with Crippen LogP contribution >= 0.6 is 0 Å². The Morgan fingerprint density at radius 3 is 2.32 bits per heavy atom. The lowest BCUT2D eigenvalue weighted by atomic mass is 9.72. The molecule has 2 rings (SSSR count). The van der Waals surface area contributed by atoms with Gasteiger partial charge < -0.3 is 19.5 Å². The van der Waals surface area contributed by atoms with Gasteiger partial charge in [-0.15, -0.1) is 0 Å². The Hall–Kier alpha value is -1.59. The molecule has 1 saturated carbocycles. The van der Waals surface area contributed by atoms with Crippen LogP contribution in [0.3, 0.4) is 0 Å². The molecule has 0 bridgehead atoms. The molecule has 0 amide bonds. The number of carbonyl (C=O) groups is 1. The van der Waals surface area contributed by atoms with Crippen molar-refractivity contribution in [3.05, 3.63) is 29.8 Å². The zero-order valence-electron chi connectivity index (χ0n) is 15.8. The lowest BCUT2D eigenvalue weighted by Crippen LogP contribution is -2.42. The van der Waals surface area contributed by atoms with Gasteiger partial charge in [0.05, 0.1) is 5.60 Å². The van der Waals surface area contributed by atoms with Crippen LogP contribution in [0.15, 0.2) is 24.3 Å². The molecular weight excluding hydrogens is 318 g/mol. The SMILES string of the molecule is CC(=O)OC(C)Oc1ccc(C(CN(C)C)C2(O)CCCCC2)cc1. The van der Waals surface area contributed by atoms with E-state index in [0.717, 1.165) is 37.8 Å². The van der Waals surface area contributed by atoms with Crippen molar-refractivity contribution >= 4 is 5.97 Å². The highest BCUT2D eigenvalue weighted by Crippen LogP contribution is 2.40. The molecule has 1 aromatic rings. The first kappa shape index (κ1) is 19.7. The van der Waals surface area contributed by atoms with Crippen molar-refractivity contribution in [1.82, 2.24) is 4.90 Å². The van der Waals surface area contributed by atoms with E-state index in [1.54, 1.807) is 6.92 Å². The normalized spacial score (nSPS) is 19.3. The summed E-state index contributed by atoms with van der Waals surface area (Å²) in [5.41, 5.74) is 0.473. The van der Waals surface area contributed by atoms with Gasteiger partial charge in [0.15, 0.2) is 0 Å². The van der Waals surface area contributed by atoms with Gasteiger partial charge in [0, 0.05) is 26.3 Å². The van der Waals surface area contributed by atoms with E-state index in [4.69, 9.17) is 9.47 Å². The fourth-order valence-corrected chi connectivity index (χ4v) is 3.69. The number of hydrogen-bond donors (Lipinski definition) is 1. The summed E-state index contributed by atoms with van der Waals surface area (Å²) in [5.74, 6) is 0.356. The molecule has 0 saturated heterocycles. The van der Waals surface area contributed by atoms with Crippen LogP contribution in [0.2, 0.25) is 0 Å². The molecule has 1 fully saturated rings. The highest BCUT2D eigenvalue weighted by atomic mass is 16.7. The molecule has 140 valence electrons. The minimum atomic E-state index is -0.643. The molecule has 1 N–H and O–H groups in total. The maximum absolute atomic E-state index is 11.2. The number of carbonyl (C=O) groups excluding carboxylic acids is 1. The van der Waals surface area contributed by atoms with E-state index in [-0.39, 0.29) is 11.9 Å². The number of esters is 1. The molecule has 0 heterocycles. The molecule has 0 spiro atoms. The maximum atomic E-state index is 11.2. The van der Waals surface area contributed by atoms with Gasteiger partial charge in [-0.1, -0.05) is 31.4 Å². The molecule has 5 heteroatoms. The first-order chi connectivity index (χ1) is 11.8. The molecule has 0 aliphatic heterocycles. The Morgan fingerprint density at radius 2 is 1.80 bits per heavy atom. The lowest BCUT2D eigenvalue weighted by molar-refractivity contribution is -0.158. The summed E-state index contributed by atoms with van der Waals surface area (Å²) in [6.07, 6.45) is 4.46. The number of hydrogen-bond acceptors (Lipinski definition) is 5. The van der Waals surface area contributed by atoms with E-state index in [9.17, 15) is 9.90 Å². The third-order valence-electron chi connectivity index (χ3n) is 4.83. The van der Waals surface area contributed by atoms with E-state index in [1.807, 2.05) is 38.4 Å². The van der Waals surface area contributed by atoms with Gasteiger partial charge in [0.1, 0.15) is 5.75 Å². The predicted molar refractivity (Wildman–Crippen MR) is 97.6 cm³/mol. The molecule has 2 atom stereocenters. The second-order valence-corrected chi connectivity index (χ2v) is 7.34. The molecule has 2 unspecified atom stereocenters. The summed E-state index contributed by atoms with van der Waals surface area (Å²) in [7, 11) is 4.08. The van der Waals surface area contributed by atoms with E-state index >= 15 is 0 Å². The molecule has 0 radical (unpaired) electrons. The van der Waals surface area contributed by atoms with Crippen molar-refractivity contribution in [2.75, 3.05) is 20.6 Å². The van der Waals surface area contributed by atoms with Crippen LogP contribution in [0.5, 0.6) is 5.75 Å². The van der Waals surface area contributed by atoms with Crippen molar-refractivity contribution in [3.63, 3.8) is 0 Å². The highest BCUT2D eigenvalue weighted by Gasteiger charge is 2.38. The van der Waals surface area contributed by atoms with Crippen LogP contribution in [-0.2, 0) is 9.53 Å². The number of nitrogens with zero attached hydrogens (tertiary/aromatic N) is 1. The van der Waals surface area contributed by atoms with Crippen LogP contribution in [-0.4, -0.2) is 48.5 Å². The number of likely N-dealkylation sites (N-methyl/N-ethyl adjacent to an activating group) is 1. The van der Waals surface area contributed by atoms with Crippen LogP contribution < -0.4 is 4.74 Å². The average molecular weight is 349 g/mol. The summed E-state index contributed by atoms with van der Waals surface area (Å²) in [6, 6.07) is 7.78. The number of ether oxygens (including phenoxy) is 2. The Kier molecular flexibility index (Phi) is 6.85. The number of aliphatic hydroxyl groups is 1. The molecule has 1 aliphatic carbocycles. The first-order valence-electron chi connectivity index (χ1n) is 9.11. The van der Waals surface area contributed by atoms with Crippen molar-refractivity contribution in [2.24, 2.45) is 0 Å². The van der Waals surface area contributed by atoms with E-state index in [2.05, 4.69) is 4.90 Å². The second-order valence-electron chi connectivity index (χ2n) is 7.34. The summed E-state index contributed by atoms with van der Waals surface area (Å²) >= 11 is 0. The van der Waals surface area contributed by atoms with Gasteiger partial charge in [-0.05, 0) is 44.6 Å². The maximum Gasteiger partial charge on any atom is 0.305 e. The fourth-order valence-electron chi connectivity index (χ4n) is 3.69. The van der Waals surface area contributed by atoms with Crippen LogP contribution in [0.1, 0.15) is 57.4 Å².